The number of hydrogen-bond acceptors (Lipinski definition) is 4. The van der Waals surface area contributed by atoms with E-state index < -0.39 is 0 Å². The van der Waals surface area contributed by atoms with Crippen LogP contribution >= 0.6 is 11.6 Å². The molecule has 0 atom stereocenters. The molecule has 0 spiro atoms. The lowest BCUT2D eigenvalue weighted by Gasteiger charge is -2.32. The van der Waals surface area contributed by atoms with Gasteiger partial charge in [-0.05, 0) is 60.4 Å². The van der Waals surface area contributed by atoms with Crippen LogP contribution in [0.2, 0.25) is 5.02 Å². The van der Waals surface area contributed by atoms with Crippen LogP contribution in [0.25, 0.3) is 11.3 Å². The van der Waals surface area contributed by atoms with Gasteiger partial charge in [-0.15, -0.1) is 0 Å². The fraction of sp³-hybridized carbons (Fsp3) is 0.304. The van der Waals surface area contributed by atoms with E-state index in [4.69, 9.17) is 16.3 Å². The molecule has 4 rings (SSSR count). The fourth-order valence-corrected chi connectivity index (χ4v) is 3.84. The molecule has 1 amide bonds. The molecule has 2 N–H and O–H groups in total. The smallest absolute Gasteiger partial charge is 0.224 e. The Morgan fingerprint density at radius 3 is 2.53 bits per heavy atom. The predicted octanol–water partition coefficient (Wildman–Crippen LogP) is 4.07. The van der Waals surface area contributed by atoms with E-state index in [0.29, 0.717) is 11.4 Å². The van der Waals surface area contributed by atoms with E-state index in [1.165, 1.54) is 0 Å². The van der Waals surface area contributed by atoms with E-state index in [9.17, 15) is 4.79 Å². The fourth-order valence-electron chi connectivity index (χ4n) is 3.71. The Labute approximate surface area is 181 Å². The van der Waals surface area contributed by atoms with Gasteiger partial charge in [0.25, 0.3) is 0 Å². The number of anilines is 1. The Kier molecular flexibility index (Phi) is 6.23. The van der Waals surface area contributed by atoms with Crippen LogP contribution in [0, 0.1) is 0 Å². The number of H-pyrrole nitrogens is 1. The highest BCUT2D eigenvalue weighted by atomic mass is 35.5. The highest BCUT2D eigenvalue weighted by Crippen LogP contribution is 2.25. The van der Waals surface area contributed by atoms with Crippen LogP contribution in [0.4, 0.5) is 5.82 Å². The van der Waals surface area contributed by atoms with Crippen molar-refractivity contribution >= 4 is 23.3 Å². The minimum Gasteiger partial charge on any atom is -0.497 e. The van der Waals surface area contributed by atoms with Crippen LogP contribution < -0.4 is 15.0 Å². The minimum absolute atomic E-state index is 0.0531. The number of amides is 1. The molecule has 2 heterocycles. The van der Waals surface area contributed by atoms with Crippen molar-refractivity contribution in [3.05, 3.63) is 65.2 Å². The summed E-state index contributed by atoms with van der Waals surface area (Å²) < 4.78 is 5.21. The summed E-state index contributed by atoms with van der Waals surface area (Å²) in [5.74, 6) is 1.82. The van der Waals surface area contributed by atoms with Crippen molar-refractivity contribution in [2.24, 2.45) is 0 Å². The number of nitrogens with zero attached hydrogens (tertiary/aromatic N) is 2. The van der Waals surface area contributed by atoms with Crippen LogP contribution in [-0.4, -0.2) is 42.3 Å². The Balaban J connectivity index is 1.28. The number of benzene rings is 2. The van der Waals surface area contributed by atoms with Gasteiger partial charge in [-0.1, -0.05) is 23.7 Å². The molecule has 1 aliphatic rings. The summed E-state index contributed by atoms with van der Waals surface area (Å²) in [6.45, 7) is 1.72. The molecule has 2 aromatic carbocycles. The van der Waals surface area contributed by atoms with Gasteiger partial charge in [0.2, 0.25) is 5.91 Å². The Hall–Kier alpha value is -2.99. The number of aromatic amines is 1. The standard InChI is InChI=1S/C23H25ClN4O2/c1-30-20-8-4-17(5-9-20)21-15-22(27-26-21)28-12-10-19(11-13-28)25-23(29)14-16-2-6-18(24)7-3-16/h2-9,15,19H,10-14H2,1H3,(H,25,29)(H,26,27). The van der Waals surface area contributed by atoms with Gasteiger partial charge < -0.3 is 15.0 Å². The van der Waals surface area contributed by atoms with Gasteiger partial charge in [0.15, 0.2) is 5.82 Å². The monoisotopic (exact) mass is 424 g/mol. The summed E-state index contributed by atoms with van der Waals surface area (Å²) in [6.07, 6.45) is 2.18. The quantitative estimate of drug-likeness (QED) is 0.625. The van der Waals surface area contributed by atoms with Crippen molar-refractivity contribution in [2.75, 3.05) is 25.1 Å². The number of methoxy groups -OCH3 is 1. The summed E-state index contributed by atoms with van der Waals surface area (Å²) in [6, 6.07) is 17.6. The zero-order chi connectivity index (χ0) is 20.9. The van der Waals surface area contributed by atoms with Gasteiger partial charge in [-0.25, -0.2) is 0 Å². The van der Waals surface area contributed by atoms with Crippen LogP contribution in [-0.2, 0) is 11.2 Å². The Morgan fingerprint density at radius 2 is 1.87 bits per heavy atom. The third kappa shape index (κ3) is 4.94. The van der Waals surface area contributed by atoms with E-state index in [-0.39, 0.29) is 11.9 Å². The lowest BCUT2D eigenvalue weighted by atomic mass is 10.0. The van der Waals surface area contributed by atoms with Crippen LogP contribution in [0.15, 0.2) is 54.6 Å². The first-order valence-corrected chi connectivity index (χ1v) is 10.5. The summed E-state index contributed by atoms with van der Waals surface area (Å²) in [5, 5.41) is 11.4. The van der Waals surface area contributed by atoms with Gasteiger partial charge >= 0.3 is 0 Å². The molecule has 0 aliphatic carbocycles. The number of hydrogen-bond donors (Lipinski definition) is 2. The van der Waals surface area contributed by atoms with E-state index >= 15 is 0 Å². The van der Waals surface area contributed by atoms with Crippen molar-refractivity contribution in [3.63, 3.8) is 0 Å². The first-order chi connectivity index (χ1) is 14.6. The van der Waals surface area contributed by atoms with Gasteiger partial charge in [0, 0.05) is 30.2 Å². The molecule has 1 saturated heterocycles. The number of carbonyl (C=O) groups excluding carboxylic acids is 1. The van der Waals surface area contributed by atoms with Crippen molar-refractivity contribution in [2.45, 2.75) is 25.3 Å². The molecule has 1 aliphatic heterocycles. The maximum atomic E-state index is 12.3. The average Bonchev–Trinajstić information content (AvgIpc) is 3.26. The van der Waals surface area contributed by atoms with Crippen molar-refractivity contribution in [1.82, 2.24) is 15.5 Å². The first-order valence-electron chi connectivity index (χ1n) is 10.1. The van der Waals surface area contributed by atoms with E-state index in [2.05, 4.69) is 26.5 Å². The molecule has 1 aromatic heterocycles. The third-order valence-corrected chi connectivity index (χ3v) is 5.68. The number of nitrogens with one attached hydrogen (secondary N) is 2. The molecule has 7 heteroatoms. The highest BCUT2D eigenvalue weighted by molar-refractivity contribution is 6.30. The molecule has 0 radical (unpaired) electrons. The molecule has 0 unspecified atom stereocenters. The van der Waals surface area contributed by atoms with Crippen LogP contribution in [0.1, 0.15) is 18.4 Å². The number of aromatic nitrogens is 2. The SMILES string of the molecule is COc1ccc(-c2cc(N3CCC(NC(=O)Cc4ccc(Cl)cc4)CC3)n[nH]2)cc1. The molecule has 0 saturated carbocycles. The van der Waals surface area contributed by atoms with Gasteiger partial charge in [-0.3, -0.25) is 9.89 Å². The zero-order valence-electron chi connectivity index (χ0n) is 16.9. The molecule has 30 heavy (non-hydrogen) atoms. The maximum Gasteiger partial charge on any atom is 0.224 e. The predicted molar refractivity (Wildman–Crippen MR) is 119 cm³/mol. The Morgan fingerprint density at radius 1 is 1.17 bits per heavy atom. The number of carbonyl (C=O) groups is 1. The second-order valence-corrected chi connectivity index (χ2v) is 7.94. The van der Waals surface area contributed by atoms with E-state index in [1.54, 1.807) is 7.11 Å². The normalized spacial score (nSPS) is 14.5. The third-order valence-electron chi connectivity index (χ3n) is 5.43. The maximum absolute atomic E-state index is 12.3. The van der Waals surface area contributed by atoms with E-state index in [1.807, 2.05) is 48.5 Å². The van der Waals surface area contributed by atoms with Gasteiger partial charge in [0.05, 0.1) is 19.2 Å². The van der Waals surface area contributed by atoms with Crippen molar-refractivity contribution in [1.29, 1.82) is 0 Å². The molecular weight excluding hydrogens is 400 g/mol. The largest absolute Gasteiger partial charge is 0.497 e. The van der Waals surface area contributed by atoms with Gasteiger partial charge in [0.1, 0.15) is 5.75 Å². The molecule has 6 nitrogen and oxygen atoms in total. The number of piperidine rings is 1. The van der Waals surface area contributed by atoms with Crippen LogP contribution in [0.5, 0.6) is 5.75 Å². The lowest BCUT2D eigenvalue weighted by Crippen LogP contribution is -2.45. The number of ether oxygens (including phenoxy) is 1. The van der Waals surface area contributed by atoms with Crippen molar-refractivity contribution < 1.29 is 9.53 Å². The van der Waals surface area contributed by atoms with Crippen molar-refractivity contribution in [3.8, 4) is 17.0 Å². The summed E-state index contributed by atoms with van der Waals surface area (Å²) in [5.41, 5.74) is 3.02. The summed E-state index contributed by atoms with van der Waals surface area (Å²) in [4.78, 5) is 14.6. The molecule has 3 aromatic rings. The minimum atomic E-state index is 0.0531. The summed E-state index contributed by atoms with van der Waals surface area (Å²) in [7, 11) is 1.66. The van der Waals surface area contributed by atoms with Gasteiger partial charge in [-0.2, -0.15) is 5.10 Å². The average molecular weight is 425 g/mol. The molecule has 156 valence electrons. The van der Waals surface area contributed by atoms with Crippen LogP contribution in [0.3, 0.4) is 0 Å². The highest BCUT2D eigenvalue weighted by Gasteiger charge is 2.22. The second-order valence-electron chi connectivity index (χ2n) is 7.50. The molecule has 1 fully saturated rings. The molecule has 0 bridgehead atoms. The topological polar surface area (TPSA) is 70.2 Å². The molecular formula is C23H25ClN4O2. The van der Waals surface area contributed by atoms with E-state index in [0.717, 1.165) is 54.3 Å². The lowest BCUT2D eigenvalue weighted by molar-refractivity contribution is -0.121. The second kappa shape index (κ2) is 9.22. The Bertz CT molecular complexity index is 977. The number of halogens is 1. The zero-order valence-corrected chi connectivity index (χ0v) is 17.7. The number of rotatable bonds is 6. The summed E-state index contributed by atoms with van der Waals surface area (Å²) >= 11 is 5.90. The first kappa shape index (κ1) is 20.3.